The number of nitrogens with zero attached hydrogens (tertiary/aromatic N) is 1. The average molecular weight is 568 g/mol. The largest absolute Gasteiger partial charge is 0.493 e. The van der Waals surface area contributed by atoms with E-state index in [-0.39, 0.29) is 29.1 Å². The molecule has 0 spiro atoms. The number of carbonyl (C=O) groups is 1. The number of rotatable bonds is 7. The van der Waals surface area contributed by atoms with Gasteiger partial charge >= 0.3 is 5.97 Å². The fourth-order valence-corrected chi connectivity index (χ4v) is 9.82. The molecule has 0 bridgehead atoms. The molecule has 8 nitrogen and oxygen atoms in total. The van der Waals surface area contributed by atoms with Crippen molar-refractivity contribution in [2.75, 3.05) is 27.4 Å². The Balaban J connectivity index is 1.27. The summed E-state index contributed by atoms with van der Waals surface area (Å²) in [4.78, 5) is 16.8. The van der Waals surface area contributed by atoms with E-state index in [2.05, 4.69) is 6.92 Å². The molecule has 1 heterocycles. The first-order chi connectivity index (χ1) is 19.6. The Bertz CT molecular complexity index is 1250. The van der Waals surface area contributed by atoms with Crippen molar-refractivity contribution in [3.8, 4) is 11.5 Å². The third-order valence-corrected chi connectivity index (χ3v) is 11.9. The van der Waals surface area contributed by atoms with Crippen molar-refractivity contribution in [1.82, 2.24) is 0 Å². The smallest absolute Gasteiger partial charge is 0.331 e. The van der Waals surface area contributed by atoms with Crippen LogP contribution in [0.1, 0.15) is 70.3 Å². The minimum absolute atomic E-state index is 0.0256. The lowest BCUT2D eigenvalue weighted by Crippen LogP contribution is -2.68. The maximum Gasteiger partial charge on any atom is 0.331 e. The molecule has 0 radical (unpaired) electrons. The Morgan fingerprint density at radius 2 is 1.80 bits per heavy atom. The summed E-state index contributed by atoms with van der Waals surface area (Å²) < 4.78 is 16.1. The van der Waals surface area contributed by atoms with Crippen LogP contribution in [0.15, 0.2) is 34.8 Å². The van der Waals surface area contributed by atoms with Gasteiger partial charge in [0.05, 0.1) is 31.5 Å². The van der Waals surface area contributed by atoms with E-state index in [1.54, 1.807) is 20.3 Å². The van der Waals surface area contributed by atoms with Crippen LogP contribution in [0, 0.1) is 28.6 Å². The standard InChI is InChI=1S/C33H45NO7/c1-30-11-7-25-26(33(30,38)14-9-24(30)22-17-29(36)41-19-22)8-13-32(37)18-23(35)6-12-31(25,32)20-34-15-10-21-4-5-27(39-2)28(16-21)40-3/h4-5,16-17,20,23-26,35,37-38H,6-15,18-19H2,1-3H3. The number of hydrogen-bond acceptors (Lipinski definition) is 8. The lowest BCUT2D eigenvalue weighted by molar-refractivity contribution is -0.237. The van der Waals surface area contributed by atoms with Gasteiger partial charge in [-0.2, -0.15) is 0 Å². The van der Waals surface area contributed by atoms with E-state index in [4.69, 9.17) is 19.2 Å². The van der Waals surface area contributed by atoms with Crippen LogP contribution >= 0.6 is 0 Å². The highest BCUT2D eigenvalue weighted by Crippen LogP contribution is 2.70. The van der Waals surface area contributed by atoms with E-state index < -0.39 is 22.7 Å². The summed E-state index contributed by atoms with van der Waals surface area (Å²) >= 11 is 0. The van der Waals surface area contributed by atoms with Crippen molar-refractivity contribution < 1.29 is 34.3 Å². The van der Waals surface area contributed by atoms with Crippen molar-refractivity contribution in [3.05, 3.63) is 35.4 Å². The molecule has 4 fully saturated rings. The van der Waals surface area contributed by atoms with Gasteiger partial charge in [-0.05, 0) is 98.8 Å². The van der Waals surface area contributed by atoms with Crippen LogP contribution in [-0.2, 0) is 16.0 Å². The molecule has 8 unspecified atom stereocenters. The normalized spacial score (nSPS) is 41.8. The zero-order chi connectivity index (χ0) is 29.0. The number of carbonyl (C=O) groups excluding carboxylic acids is 1. The Morgan fingerprint density at radius 3 is 2.54 bits per heavy atom. The third kappa shape index (κ3) is 4.35. The van der Waals surface area contributed by atoms with Crippen molar-refractivity contribution in [3.63, 3.8) is 0 Å². The molecule has 1 aliphatic heterocycles. The van der Waals surface area contributed by atoms with Gasteiger partial charge < -0.3 is 29.5 Å². The van der Waals surface area contributed by atoms with Crippen molar-refractivity contribution in [2.45, 2.75) is 88.4 Å². The molecular weight excluding hydrogens is 522 g/mol. The minimum atomic E-state index is -1.05. The summed E-state index contributed by atoms with van der Waals surface area (Å²) in [5, 5.41) is 35.4. The molecule has 8 heteroatoms. The van der Waals surface area contributed by atoms with Gasteiger partial charge in [-0.25, -0.2) is 4.79 Å². The molecule has 224 valence electrons. The summed E-state index contributed by atoms with van der Waals surface area (Å²) in [7, 11) is 3.25. The summed E-state index contributed by atoms with van der Waals surface area (Å²) in [6.07, 6.45) is 10.00. The molecule has 0 amide bonds. The molecule has 0 aromatic heterocycles. The second-order valence-corrected chi connectivity index (χ2v) is 13.5. The molecule has 8 atom stereocenters. The number of aliphatic hydroxyl groups excluding tert-OH is 1. The number of hydrogen-bond donors (Lipinski definition) is 3. The van der Waals surface area contributed by atoms with E-state index in [1.165, 1.54) is 0 Å². The lowest BCUT2D eigenvalue weighted by Gasteiger charge is -2.65. The first kappa shape index (κ1) is 28.7. The molecular formula is C33H45NO7. The third-order valence-electron chi connectivity index (χ3n) is 11.9. The molecule has 4 aliphatic carbocycles. The highest BCUT2D eigenvalue weighted by molar-refractivity contribution is 5.85. The molecule has 0 saturated heterocycles. The van der Waals surface area contributed by atoms with Crippen molar-refractivity contribution in [1.29, 1.82) is 0 Å². The molecule has 5 aliphatic rings. The van der Waals surface area contributed by atoms with Crippen LogP contribution in [0.5, 0.6) is 11.5 Å². The first-order valence-corrected chi connectivity index (χ1v) is 15.3. The van der Waals surface area contributed by atoms with Gasteiger partial charge in [0, 0.05) is 36.1 Å². The number of methoxy groups -OCH3 is 2. The fraction of sp³-hybridized carbons (Fsp3) is 0.697. The van der Waals surface area contributed by atoms with Crippen LogP contribution in [0.4, 0.5) is 0 Å². The van der Waals surface area contributed by atoms with Crippen molar-refractivity contribution >= 4 is 12.2 Å². The van der Waals surface area contributed by atoms with E-state index >= 15 is 0 Å². The lowest BCUT2D eigenvalue weighted by atomic mass is 9.41. The predicted octanol–water partition coefficient (Wildman–Crippen LogP) is 4.03. The van der Waals surface area contributed by atoms with Crippen LogP contribution in [0.3, 0.4) is 0 Å². The highest BCUT2D eigenvalue weighted by Gasteiger charge is 2.71. The molecule has 4 saturated carbocycles. The van der Waals surface area contributed by atoms with E-state index in [0.29, 0.717) is 56.8 Å². The van der Waals surface area contributed by atoms with Crippen LogP contribution in [0.2, 0.25) is 0 Å². The van der Waals surface area contributed by atoms with Gasteiger partial charge in [0.2, 0.25) is 0 Å². The van der Waals surface area contributed by atoms with E-state index in [9.17, 15) is 20.1 Å². The molecule has 1 aromatic rings. The zero-order valence-corrected chi connectivity index (χ0v) is 24.6. The molecule has 3 N–H and O–H groups in total. The first-order valence-electron chi connectivity index (χ1n) is 15.3. The van der Waals surface area contributed by atoms with Gasteiger partial charge in [0.1, 0.15) is 6.61 Å². The molecule has 1 aromatic carbocycles. The van der Waals surface area contributed by atoms with Gasteiger partial charge in [-0.3, -0.25) is 4.99 Å². The number of benzene rings is 1. The number of aliphatic imine (C=N–C) groups is 1. The minimum Gasteiger partial charge on any atom is -0.493 e. The predicted molar refractivity (Wildman–Crippen MR) is 154 cm³/mol. The van der Waals surface area contributed by atoms with Gasteiger partial charge in [0.15, 0.2) is 11.5 Å². The monoisotopic (exact) mass is 567 g/mol. The van der Waals surface area contributed by atoms with Gasteiger partial charge in [0.25, 0.3) is 0 Å². The fourth-order valence-electron chi connectivity index (χ4n) is 9.82. The number of fused-ring (bicyclic) bond motifs is 5. The number of esters is 1. The van der Waals surface area contributed by atoms with E-state index in [1.807, 2.05) is 24.4 Å². The average Bonchev–Trinajstić information content (AvgIpc) is 3.50. The maximum absolute atomic E-state index is 12.6. The van der Waals surface area contributed by atoms with Gasteiger partial charge in [-0.15, -0.1) is 0 Å². The SMILES string of the molecule is COc1ccc(CCN=CC23CCC(O)CC2(O)CCC2C3CCC3(C)C(C4=CC(=O)OC4)CCC23O)cc1OC. The highest BCUT2D eigenvalue weighted by atomic mass is 16.5. The van der Waals surface area contributed by atoms with Crippen LogP contribution in [-0.4, -0.2) is 72.2 Å². The Labute approximate surface area is 242 Å². The Kier molecular flexibility index (Phi) is 7.27. The van der Waals surface area contributed by atoms with Gasteiger partial charge in [-0.1, -0.05) is 13.0 Å². The number of aliphatic hydroxyl groups is 3. The topological polar surface area (TPSA) is 118 Å². The summed E-state index contributed by atoms with van der Waals surface area (Å²) in [5.74, 6) is 1.33. The molecule has 41 heavy (non-hydrogen) atoms. The number of cyclic esters (lactones) is 1. The summed E-state index contributed by atoms with van der Waals surface area (Å²) in [6, 6.07) is 5.90. The maximum atomic E-state index is 12.6. The number of ether oxygens (including phenoxy) is 3. The zero-order valence-electron chi connectivity index (χ0n) is 24.6. The molecule has 6 rings (SSSR count). The van der Waals surface area contributed by atoms with Crippen LogP contribution in [0.25, 0.3) is 0 Å². The second kappa shape index (κ2) is 10.4. The summed E-state index contributed by atoms with van der Waals surface area (Å²) in [6.45, 7) is 3.11. The van der Waals surface area contributed by atoms with Crippen molar-refractivity contribution in [2.24, 2.45) is 33.6 Å². The second-order valence-electron chi connectivity index (χ2n) is 13.5. The Hall–Kier alpha value is -2.42. The Morgan fingerprint density at radius 1 is 1.02 bits per heavy atom. The van der Waals surface area contributed by atoms with Crippen LogP contribution < -0.4 is 9.47 Å². The quantitative estimate of drug-likeness (QED) is 0.336. The van der Waals surface area contributed by atoms with E-state index in [0.717, 1.165) is 43.2 Å². The summed E-state index contributed by atoms with van der Waals surface area (Å²) in [5.41, 5.74) is -0.750.